The van der Waals surface area contributed by atoms with Crippen LogP contribution in [-0.2, 0) is 16.4 Å². The zero-order valence-corrected chi connectivity index (χ0v) is 29.6. The van der Waals surface area contributed by atoms with Gasteiger partial charge in [0, 0.05) is 5.54 Å². The molecule has 50 heavy (non-hydrogen) atoms. The Hall–Kier alpha value is -4.72. The second-order valence-electron chi connectivity index (χ2n) is 15.4. The highest BCUT2D eigenvalue weighted by molar-refractivity contribution is 6.19. The zero-order valence-electron chi connectivity index (χ0n) is 29.6. The fraction of sp³-hybridized carbons (Fsp3) is 0.265. The lowest BCUT2D eigenvalue weighted by molar-refractivity contribution is 0.412. The molecule has 246 valence electrons. The van der Waals surface area contributed by atoms with Gasteiger partial charge in [0.15, 0.2) is 0 Å². The number of unbranched alkanes of at least 4 members (excludes halogenated alkanes) is 1. The molecule has 0 saturated heterocycles. The van der Waals surface area contributed by atoms with E-state index >= 15 is 0 Å². The Morgan fingerprint density at radius 2 is 1.08 bits per heavy atom. The van der Waals surface area contributed by atoms with E-state index in [-0.39, 0.29) is 11.0 Å². The van der Waals surface area contributed by atoms with Gasteiger partial charge in [0.25, 0.3) is 0 Å². The van der Waals surface area contributed by atoms with E-state index in [1.54, 1.807) is 11.1 Å². The molecule has 0 saturated carbocycles. The lowest BCUT2D eigenvalue weighted by atomic mass is 9.64. The Kier molecular flexibility index (Phi) is 6.41. The molecule has 2 N–H and O–H groups in total. The Bertz CT molecular complexity index is 2310. The number of fused-ring (bicyclic) bond motifs is 17. The van der Waals surface area contributed by atoms with Crippen molar-refractivity contribution in [3.63, 3.8) is 0 Å². The van der Waals surface area contributed by atoms with Crippen molar-refractivity contribution in [2.24, 2.45) is 5.73 Å². The molecule has 1 unspecified atom stereocenters. The van der Waals surface area contributed by atoms with E-state index in [0.29, 0.717) is 0 Å². The van der Waals surface area contributed by atoms with Crippen molar-refractivity contribution in [3.8, 4) is 11.1 Å². The minimum atomic E-state index is -0.440. The van der Waals surface area contributed by atoms with Crippen LogP contribution in [0, 0.1) is 0 Å². The number of allylic oxidation sites excluding steroid dienone is 6. The molecule has 5 aromatic rings. The highest BCUT2D eigenvalue weighted by Gasteiger charge is 2.63. The Morgan fingerprint density at radius 3 is 1.70 bits per heavy atom. The maximum Gasteiger partial charge on any atom is 0.0728 e. The van der Waals surface area contributed by atoms with Gasteiger partial charge in [-0.15, -0.1) is 0 Å². The van der Waals surface area contributed by atoms with Gasteiger partial charge in [-0.25, -0.2) is 0 Å². The van der Waals surface area contributed by atoms with Crippen LogP contribution in [0.2, 0.25) is 0 Å². The predicted octanol–water partition coefficient (Wildman–Crippen LogP) is 11.9. The quantitative estimate of drug-likeness (QED) is 0.195. The number of nitrogens with two attached hydrogens (primary N) is 1. The molecular formula is C49H45N. The van der Waals surface area contributed by atoms with E-state index in [9.17, 15) is 0 Å². The van der Waals surface area contributed by atoms with E-state index in [1.807, 2.05) is 0 Å². The first-order chi connectivity index (χ1) is 24.5. The van der Waals surface area contributed by atoms with Gasteiger partial charge in [-0.05, 0) is 122 Å². The van der Waals surface area contributed by atoms with Crippen molar-refractivity contribution >= 4 is 16.7 Å². The number of hydrogen-bond acceptors (Lipinski definition) is 1. The summed E-state index contributed by atoms with van der Waals surface area (Å²) in [5.74, 6) is 0. The summed E-state index contributed by atoms with van der Waals surface area (Å²) >= 11 is 0. The van der Waals surface area contributed by atoms with Gasteiger partial charge in [0.05, 0.1) is 10.8 Å². The normalized spacial score (nSPS) is 20.0. The largest absolute Gasteiger partial charge is 0.321 e. The monoisotopic (exact) mass is 647 g/mol. The number of rotatable bonds is 6. The van der Waals surface area contributed by atoms with Crippen molar-refractivity contribution in [1.82, 2.24) is 0 Å². The van der Waals surface area contributed by atoms with Crippen molar-refractivity contribution in [1.29, 1.82) is 0 Å². The highest BCUT2D eigenvalue weighted by Crippen LogP contribution is 2.75. The first-order valence-electron chi connectivity index (χ1n) is 19.1. The standard InChI is InChI=1S/C49H45N/c1-4-7-16-31-25-28-43-38(29-31)35-19-10-14-23-41(35)48(43)42-24-15-11-20-36(42)45-46(48)37-27-26-32(47(50,5-2)6-3)30-44(37)49(45)39-21-12-8-17-33(39)34-18-9-13-22-40(34)49/h8-15,17-24,26-27,29-30H,4-7,16,25,28,50H2,1-3H3. The summed E-state index contributed by atoms with van der Waals surface area (Å²) in [5, 5.41) is 0. The van der Waals surface area contributed by atoms with E-state index in [1.165, 1.54) is 97.2 Å². The molecular weight excluding hydrogens is 603 g/mol. The summed E-state index contributed by atoms with van der Waals surface area (Å²) in [6, 6.07) is 44.7. The van der Waals surface area contributed by atoms with Crippen LogP contribution in [0.25, 0.3) is 27.8 Å². The Morgan fingerprint density at radius 1 is 0.560 bits per heavy atom. The molecule has 0 radical (unpaired) electrons. The fourth-order valence-corrected chi connectivity index (χ4v) is 11.0. The van der Waals surface area contributed by atoms with Crippen LogP contribution in [-0.4, -0.2) is 0 Å². The van der Waals surface area contributed by atoms with Gasteiger partial charge in [-0.1, -0.05) is 154 Å². The second-order valence-corrected chi connectivity index (χ2v) is 15.4. The minimum absolute atomic E-state index is 0.341. The average molecular weight is 648 g/mol. The summed E-state index contributed by atoms with van der Waals surface area (Å²) in [6.07, 6.45) is 10.3. The van der Waals surface area contributed by atoms with Gasteiger partial charge < -0.3 is 5.73 Å². The molecule has 5 aromatic carbocycles. The third-order valence-corrected chi connectivity index (χ3v) is 13.4. The summed E-state index contributed by atoms with van der Waals surface area (Å²) in [7, 11) is 0. The number of hydrogen-bond donors (Lipinski definition) is 1. The first-order valence-corrected chi connectivity index (χ1v) is 19.1. The zero-order chi connectivity index (χ0) is 33.8. The van der Waals surface area contributed by atoms with Crippen molar-refractivity contribution in [3.05, 3.63) is 183 Å². The Balaban J connectivity index is 1.38. The van der Waals surface area contributed by atoms with Gasteiger partial charge in [0.1, 0.15) is 0 Å². The summed E-state index contributed by atoms with van der Waals surface area (Å²) < 4.78 is 0. The molecule has 5 aliphatic rings. The van der Waals surface area contributed by atoms with Crippen molar-refractivity contribution in [2.75, 3.05) is 0 Å². The third kappa shape index (κ3) is 3.47. The van der Waals surface area contributed by atoms with Gasteiger partial charge >= 0.3 is 0 Å². The first kappa shape index (κ1) is 30.1. The SMILES string of the molecule is CCCCC1=CC2=C(CC1)C1(C3=C(c4ccccc41)C1(c4cc(C(N)(CC)CC)ccc43)c3ccccc3-c3ccccc31)c1ccccc12. The van der Waals surface area contributed by atoms with Crippen LogP contribution in [0.15, 0.2) is 132 Å². The average Bonchev–Trinajstić information content (AvgIpc) is 3.85. The molecule has 2 spiro atoms. The molecule has 0 aliphatic heterocycles. The second kappa shape index (κ2) is 10.6. The molecule has 0 aromatic heterocycles. The predicted molar refractivity (Wildman–Crippen MR) is 209 cm³/mol. The van der Waals surface area contributed by atoms with Crippen LogP contribution in [0.1, 0.15) is 116 Å². The molecule has 0 heterocycles. The third-order valence-electron chi connectivity index (χ3n) is 13.4. The van der Waals surface area contributed by atoms with E-state index in [2.05, 4.69) is 142 Å². The number of benzene rings is 5. The molecule has 1 atom stereocenters. The lowest BCUT2D eigenvalue weighted by Gasteiger charge is -2.37. The molecule has 1 nitrogen and oxygen atoms in total. The van der Waals surface area contributed by atoms with E-state index in [0.717, 1.165) is 25.7 Å². The smallest absolute Gasteiger partial charge is 0.0728 e. The van der Waals surface area contributed by atoms with Gasteiger partial charge in [-0.3, -0.25) is 0 Å². The summed E-state index contributed by atoms with van der Waals surface area (Å²) in [5.41, 5.74) is 29.1. The topological polar surface area (TPSA) is 26.0 Å². The molecule has 1 heteroatoms. The van der Waals surface area contributed by atoms with Gasteiger partial charge in [-0.2, -0.15) is 0 Å². The fourth-order valence-electron chi connectivity index (χ4n) is 11.0. The maximum atomic E-state index is 7.27. The summed E-state index contributed by atoms with van der Waals surface area (Å²) in [6.45, 7) is 6.79. The Labute approximate surface area is 297 Å². The molecule has 0 amide bonds. The van der Waals surface area contributed by atoms with Crippen LogP contribution >= 0.6 is 0 Å². The molecule has 0 bridgehead atoms. The van der Waals surface area contributed by atoms with Crippen LogP contribution in [0.5, 0.6) is 0 Å². The van der Waals surface area contributed by atoms with Crippen molar-refractivity contribution in [2.45, 2.75) is 82.1 Å². The van der Waals surface area contributed by atoms with Crippen molar-refractivity contribution < 1.29 is 0 Å². The molecule has 5 aliphatic carbocycles. The minimum Gasteiger partial charge on any atom is -0.321 e. The van der Waals surface area contributed by atoms with Crippen LogP contribution < -0.4 is 5.73 Å². The summed E-state index contributed by atoms with van der Waals surface area (Å²) in [4.78, 5) is 0. The van der Waals surface area contributed by atoms with Crippen LogP contribution in [0.3, 0.4) is 0 Å². The van der Waals surface area contributed by atoms with Gasteiger partial charge in [0.2, 0.25) is 0 Å². The highest BCUT2D eigenvalue weighted by atomic mass is 14.7. The van der Waals surface area contributed by atoms with E-state index < -0.39 is 5.41 Å². The maximum absolute atomic E-state index is 7.27. The molecule has 10 rings (SSSR count). The molecule has 0 fully saturated rings. The van der Waals surface area contributed by atoms with E-state index in [4.69, 9.17) is 5.73 Å². The van der Waals surface area contributed by atoms with Crippen LogP contribution in [0.4, 0.5) is 0 Å². The lowest BCUT2D eigenvalue weighted by Crippen LogP contribution is -2.36.